The van der Waals surface area contributed by atoms with Crippen LogP contribution in [0.15, 0.2) is 22.7 Å². The molecule has 23 heavy (non-hydrogen) atoms. The molecular weight excluding hydrogens is 366 g/mol. The Morgan fingerprint density at radius 2 is 2.13 bits per heavy atom. The van der Waals surface area contributed by atoms with Crippen molar-refractivity contribution in [2.75, 3.05) is 7.11 Å². The number of esters is 1. The standard InChI is InChI=1S/C16H18BrNO5/c1-9(16(21)18-11-4-5-11)23-14(19)6-3-10-7-12(17)15(20)13(8-10)22-2/h3,6-9,11,20H,4-5H2,1-2H3,(H,18,21)/b6-3+/t9-/m1/s1. The molecule has 2 N–H and O–H groups in total. The normalized spacial score (nSPS) is 15.3. The third kappa shape index (κ3) is 4.99. The minimum Gasteiger partial charge on any atom is -0.503 e. The molecule has 0 heterocycles. The van der Waals surface area contributed by atoms with Crippen LogP contribution in [-0.4, -0.2) is 36.2 Å². The molecule has 1 aromatic rings. The molecule has 0 unspecified atom stereocenters. The van der Waals surface area contributed by atoms with E-state index >= 15 is 0 Å². The van der Waals surface area contributed by atoms with Gasteiger partial charge in [-0.1, -0.05) is 0 Å². The first kappa shape index (κ1) is 17.3. The number of phenolic OH excluding ortho intramolecular Hbond substituents is 1. The smallest absolute Gasteiger partial charge is 0.331 e. The maximum absolute atomic E-state index is 11.8. The Labute approximate surface area is 142 Å². The van der Waals surface area contributed by atoms with Gasteiger partial charge in [0.05, 0.1) is 11.6 Å². The van der Waals surface area contributed by atoms with Gasteiger partial charge in [0.1, 0.15) is 0 Å². The molecule has 124 valence electrons. The maximum atomic E-state index is 11.8. The van der Waals surface area contributed by atoms with E-state index in [-0.39, 0.29) is 23.4 Å². The van der Waals surface area contributed by atoms with E-state index in [0.29, 0.717) is 10.0 Å². The third-order valence-electron chi connectivity index (χ3n) is 3.27. The topological polar surface area (TPSA) is 84.9 Å². The number of hydrogen-bond donors (Lipinski definition) is 2. The summed E-state index contributed by atoms with van der Waals surface area (Å²) in [5.74, 6) is -0.642. The number of halogens is 1. The SMILES string of the molecule is COc1cc(/C=C/C(=O)O[C@H](C)C(=O)NC2CC2)cc(Br)c1O. The van der Waals surface area contributed by atoms with Crippen LogP contribution in [0.4, 0.5) is 0 Å². The highest BCUT2D eigenvalue weighted by Gasteiger charge is 2.26. The minimum atomic E-state index is -0.839. The van der Waals surface area contributed by atoms with Crippen molar-refractivity contribution in [1.29, 1.82) is 0 Å². The summed E-state index contributed by atoms with van der Waals surface area (Å²) < 4.78 is 10.5. The van der Waals surface area contributed by atoms with Gasteiger partial charge in [0, 0.05) is 12.1 Å². The molecule has 0 aromatic heterocycles. The molecule has 1 atom stereocenters. The van der Waals surface area contributed by atoms with Crippen molar-refractivity contribution in [3.8, 4) is 11.5 Å². The number of benzene rings is 1. The second kappa shape index (κ2) is 7.50. The fourth-order valence-corrected chi connectivity index (χ4v) is 2.28. The van der Waals surface area contributed by atoms with Crippen molar-refractivity contribution in [2.45, 2.75) is 31.9 Å². The second-order valence-electron chi connectivity index (χ2n) is 5.25. The van der Waals surface area contributed by atoms with Gasteiger partial charge in [0.2, 0.25) is 0 Å². The van der Waals surface area contributed by atoms with Crippen LogP contribution in [0.1, 0.15) is 25.3 Å². The van der Waals surface area contributed by atoms with E-state index in [1.165, 1.54) is 26.2 Å². The van der Waals surface area contributed by atoms with Crippen LogP contribution < -0.4 is 10.1 Å². The van der Waals surface area contributed by atoms with Crippen LogP contribution in [0.2, 0.25) is 0 Å². The summed E-state index contributed by atoms with van der Waals surface area (Å²) in [5, 5.41) is 12.5. The lowest BCUT2D eigenvalue weighted by molar-refractivity contribution is -0.150. The number of carbonyl (C=O) groups excluding carboxylic acids is 2. The molecule has 1 fully saturated rings. The summed E-state index contributed by atoms with van der Waals surface area (Å²) in [5.41, 5.74) is 0.638. The molecule has 1 saturated carbocycles. The fourth-order valence-electron chi connectivity index (χ4n) is 1.82. The Balaban J connectivity index is 1.95. The average Bonchev–Trinajstić information content (AvgIpc) is 3.32. The number of nitrogens with one attached hydrogen (secondary N) is 1. The average molecular weight is 384 g/mol. The minimum absolute atomic E-state index is 0.0161. The molecule has 0 saturated heterocycles. The number of carbonyl (C=O) groups is 2. The quantitative estimate of drug-likeness (QED) is 0.581. The van der Waals surface area contributed by atoms with Crippen LogP contribution in [0.25, 0.3) is 6.08 Å². The van der Waals surface area contributed by atoms with E-state index in [1.807, 2.05) is 0 Å². The van der Waals surface area contributed by atoms with E-state index in [2.05, 4.69) is 21.2 Å². The highest BCUT2D eigenvalue weighted by Crippen LogP contribution is 2.35. The number of ether oxygens (including phenoxy) is 2. The van der Waals surface area contributed by atoms with E-state index in [9.17, 15) is 14.7 Å². The summed E-state index contributed by atoms with van der Waals surface area (Å²) in [6.45, 7) is 1.53. The molecule has 1 aliphatic rings. The number of amides is 1. The molecule has 1 aromatic carbocycles. The van der Waals surface area contributed by atoms with Crippen molar-refractivity contribution >= 4 is 33.9 Å². The number of phenols is 1. The zero-order valence-corrected chi connectivity index (χ0v) is 14.4. The molecular formula is C16H18BrNO5. The summed E-state index contributed by atoms with van der Waals surface area (Å²) >= 11 is 3.20. The van der Waals surface area contributed by atoms with Crippen molar-refractivity contribution in [2.24, 2.45) is 0 Å². The number of hydrogen-bond acceptors (Lipinski definition) is 5. The summed E-state index contributed by atoms with van der Waals surface area (Å²) in [6.07, 6.45) is 3.85. The van der Waals surface area contributed by atoms with Crippen LogP contribution >= 0.6 is 15.9 Å². The van der Waals surface area contributed by atoms with Crippen molar-refractivity contribution in [3.05, 3.63) is 28.2 Å². The van der Waals surface area contributed by atoms with Gasteiger partial charge in [0.15, 0.2) is 17.6 Å². The predicted octanol–water partition coefficient (Wildman–Crippen LogP) is 2.39. The highest BCUT2D eigenvalue weighted by molar-refractivity contribution is 9.10. The van der Waals surface area contributed by atoms with E-state index in [4.69, 9.17) is 9.47 Å². The van der Waals surface area contributed by atoms with E-state index in [1.54, 1.807) is 12.1 Å². The van der Waals surface area contributed by atoms with Crippen molar-refractivity contribution in [1.82, 2.24) is 5.32 Å². The van der Waals surface area contributed by atoms with Crippen LogP contribution in [-0.2, 0) is 14.3 Å². The molecule has 0 spiro atoms. The van der Waals surface area contributed by atoms with Gasteiger partial charge in [-0.25, -0.2) is 4.79 Å². The largest absolute Gasteiger partial charge is 0.503 e. The zero-order valence-electron chi connectivity index (χ0n) is 12.8. The monoisotopic (exact) mass is 383 g/mol. The van der Waals surface area contributed by atoms with Gasteiger partial charge < -0.3 is 19.9 Å². The Morgan fingerprint density at radius 3 is 2.74 bits per heavy atom. The zero-order chi connectivity index (χ0) is 17.0. The first-order chi connectivity index (χ1) is 10.9. The van der Waals surface area contributed by atoms with E-state index in [0.717, 1.165) is 12.8 Å². The Kier molecular flexibility index (Phi) is 5.65. The number of methoxy groups -OCH3 is 1. The summed E-state index contributed by atoms with van der Waals surface area (Å²) in [7, 11) is 1.43. The lowest BCUT2D eigenvalue weighted by atomic mass is 10.2. The molecule has 0 bridgehead atoms. The number of aromatic hydroxyl groups is 1. The molecule has 0 radical (unpaired) electrons. The van der Waals surface area contributed by atoms with Gasteiger partial charge in [-0.05, 0) is 59.5 Å². The molecule has 1 aliphatic carbocycles. The van der Waals surface area contributed by atoms with E-state index < -0.39 is 12.1 Å². The molecule has 6 nitrogen and oxygen atoms in total. The van der Waals surface area contributed by atoms with Gasteiger partial charge in [-0.3, -0.25) is 4.79 Å². The van der Waals surface area contributed by atoms with Gasteiger partial charge in [-0.2, -0.15) is 0 Å². The predicted molar refractivity (Wildman–Crippen MR) is 88.1 cm³/mol. The first-order valence-electron chi connectivity index (χ1n) is 7.16. The first-order valence-corrected chi connectivity index (χ1v) is 7.95. The Morgan fingerprint density at radius 1 is 1.43 bits per heavy atom. The molecule has 7 heteroatoms. The maximum Gasteiger partial charge on any atom is 0.331 e. The van der Waals surface area contributed by atoms with Gasteiger partial charge in [0.25, 0.3) is 5.91 Å². The second-order valence-corrected chi connectivity index (χ2v) is 6.10. The fraction of sp³-hybridized carbons (Fsp3) is 0.375. The van der Waals surface area contributed by atoms with Crippen LogP contribution in [0.3, 0.4) is 0 Å². The molecule has 2 rings (SSSR count). The Bertz CT molecular complexity index is 640. The van der Waals surface area contributed by atoms with Gasteiger partial charge >= 0.3 is 5.97 Å². The summed E-state index contributed by atoms with van der Waals surface area (Å²) in [4.78, 5) is 23.5. The lowest BCUT2D eigenvalue weighted by Gasteiger charge is -2.11. The Hall–Kier alpha value is -2.02. The van der Waals surface area contributed by atoms with Crippen molar-refractivity contribution < 1.29 is 24.2 Å². The third-order valence-corrected chi connectivity index (χ3v) is 3.87. The van der Waals surface area contributed by atoms with Crippen LogP contribution in [0.5, 0.6) is 11.5 Å². The number of rotatable bonds is 6. The van der Waals surface area contributed by atoms with Crippen LogP contribution in [0, 0.1) is 0 Å². The molecule has 1 amide bonds. The van der Waals surface area contributed by atoms with Crippen molar-refractivity contribution in [3.63, 3.8) is 0 Å². The van der Waals surface area contributed by atoms with Gasteiger partial charge in [-0.15, -0.1) is 0 Å². The molecule has 0 aliphatic heterocycles. The lowest BCUT2D eigenvalue weighted by Crippen LogP contribution is -2.36. The summed E-state index contributed by atoms with van der Waals surface area (Å²) in [6, 6.07) is 3.43. The highest BCUT2D eigenvalue weighted by atomic mass is 79.9.